The van der Waals surface area contributed by atoms with Gasteiger partial charge in [-0.15, -0.1) is 0 Å². The molecule has 0 aromatic carbocycles. The van der Waals surface area contributed by atoms with Crippen molar-refractivity contribution in [1.82, 2.24) is 10.3 Å². The summed E-state index contributed by atoms with van der Waals surface area (Å²) in [4.78, 5) is 15.9. The Morgan fingerprint density at radius 3 is 2.94 bits per heavy atom. The number of rotatable bonds is 2. The van der Waals surface area contributed by atoms with Crippen LogP contribution >= 0.6 is 0 Å². The lowest BCUT2D eigenvalue weighted by atomic mass is 10.0. The standard InChI is InChI=1S/C12H18N2O3/c1-12(2,3)17-11(15)9-10(16-7-14-9)8-4-5-13-6-8/h7-8,13H,4-6H2,1-3H3. The minimum Gasteiger partial charge on any atom is -0.455 e. The molecule has 0 bridgehead atoms. The van der Waals surface area contributed by atoms with Crippen molar-refractivity contribution >= 4 is 5.97 Å². The lowest BCUT2D eigenvalue weighted by Crippen LogP contribution is -2.25. The molecule has 94 valence electrons. The van der Waals surface area contributed by atoms with E-state index in [2.05, 4.69) is 10.3 Å². The minimum absolute atomic E-state index is 0.222. The molecule has 1 aliphatic rings. The molecule has 1 fully saturated rings. The zero-order valence-corrected chi connectivity index (χ0v) is 10.4. The molecule has 0 radical (unpaired) electrons. The van der Waals surface area contributed by atoms with Gasteiger partial charge in [-0.05, 0) is 33.7 Å². The number of nitrogens with zero attached hydrogens (tertiary/aromatic N) is 1. The highest BCUT2D eigenvalue weighted by Crippen LogP contribution is 2.26. The average Bonchev–Trinajstić information content (AvgIpc) is 2.85. The van der Waals surface area contributed by atoms with Crippen molar-refractivity contribution in [3.8, 4) is 0 Å². The van der Waals surface area contributed by atoms with Gasteiger partial charge in [0.25, 0.3) is 0 Å². The first-order chi connectivity index (χ1) is 7.97. The van der Waals surface area contributed by atoms with Gasteiger partial charge in [0.05, 0.1) is 0 Å². The third-order valence-electron chi connectivity index (χ3n) is 2.62. The first-order valence-electron chi connectivity index (χ1n) is 5.85. The van der Waals surface area contributed by atoms with Gasteiger partial charge in [0, 0.05) is 12.5 Å². The molecule has 1 unspecified atom stereocenters. The second-order valence-corrected chi connectivity index (χ2v) is 5.26. The lowest BCUT2D eigenvalue weighted by Gasteiger charge is -2.19. The molecule has 0 aliphatic carbocycles. The summed E-state index contributed by atoms with van der Waals surface area (Å²) in [6, 6.07) is 0. The predicted octanol–water partition coefficient (Wildman–Crippen LogP) is 1.71. The Morgan fingerprint density at radius 1 is 1.59 bits per heavy atom. The Kier molecular flexibility index (Phi) is 3.19. The van der Waals surface area contributed by atoms with Crippen LogP contribution in [-0.2, 0) is 4.74 Å². The maximum absolute atomic E-state index is 11.9. The zero-order chi connectivity index (χ0) is 12.5. The maximum Gasteiger partial charge on any atom is 0.361 e. The number of hydrogen-bond acceptors (Lipinski definition) is 5. The Labute approximate surface area is 101 Å². The van der Waals surface area contributed by atoms with E-state index < -0.39 is 11.6 Å². The summed E-state index contributed by atoms with van der Waals surface area (Å²) in [5.74, 6) is 0.456. The van der Waals surface area contributed by atoms with Crippen LogP contribution in [0, 0.1) is 0 Å². The second-order valence-electron chi connectivity index (χ2n) is 5.26. The summed E-state index contributed by atoms with van der Waals surface area (Å²) < 4.78 is 10.6. The van der Waals surface area contributed by atoms with Gasteiger partial charge in [-0.2, -0.15) is 0 Å². The maximum atomic E-state index is 11.9. The molecule has 5 nitrogen and oxygen atoms in total. The zero-order valence-electron chi connectivity index (χ0n) is 10.4. The van der Waals surface area contributed by atoms with E-state index in [-0.39, 0.29) is 5.92 Å². The molecule has 0 saturated carbocycles. The van der Waals surface area contributed by atoms with Crippen molar-refractivity contribution in [2.75, 3.05) is 13.1 Å². The quantitative estimate of drug-likeness (QED) is 0.794. The summed E-state index contributed by atoms with van der Waals surface area (Å²) in [6.45, 7) is 7.27. The van der Waals surface area contributed by atoms with Crippen LogP contribution in [0.15, 0.2) is 10.8 Å². The fourth-order valence-electron chi connectivity index (χ4n) is 1.90. The molecule has 1 aliphatic heterocycles. The third kappa shape index (κ3) is 2.85. The van der Waals surface area contributed by atoms with Crippen LogP contribution in [0.1, 0.15) is 49.4 Å². The van der Waals surface area contributed by atoms with Gasteiger partial charge in [0.15, 0.2) is 12.1 Å². The fourth-order valence-corrected chi connectivity index (χ4v) is 1.90. The van der Waals surface area contributed by atoms with Crippen molar-refractivity contribution in [1.29, 1.82) is 0 Å². The molecule has 1 aromatic heterocycles. The molecule has 0 amide bonds. The molecule has 1 atom stereocenters. The number of hydrogen-bond donors (Lipinski definition) is 1. The highest BCUT2D eigenvalue weighted by Gasteiger charge is 2.29. The van der Waals surface area contributed by atoms with Gasteiger partial charge < -0.3 is 14.5 Å². The summed E-state index contributed by atoms with van der Waals surface area (Å²) in [6.07, 6.45) is 2.28. The predicted molar refractivity (Wildman–Crippen MR) is 61.9 cm³/mol. The van der Waals surface area contributed by atoms with Crippen molar-refractivity contribution in [3.63, 3.8) is 0 Å². The topological polar surface area (TPSA) is 64.4 Å². The Morgan fingerprint density at radius 2 is 2.35 bits per heavy atom. The van der Waals surface area contributed by atoms with Crippen LogP contribution in [0.25, 0.3) is 0 Å². The van der Waals surface area contributed by atoms with E-state index in [4.69, 9.17) is 9.15 Å². The molecule has 5 heteroatoms. The highest BCUT2D eigenvalue weighted by molar-refractivity contribution is 5.88. The first-order valence-corrected chi connectivity index (χ1v) is 5.85. The molecule has 2 heterocycles. The highest BCUT2D eigenvalue weighted by atomic mass is 16.6. The number of esters is 1. The van der Waals surface area contributed by atoms with Crippen molar-refractivity contribution < 1.29 is 13.9 Å². The smallest absolute Gasteiger partial charge is 0.361 e. The van der Waals surface area contributed by atoms with Gasteiger partial charge in [0.1, 0.15) is 11.4 Å². The van der Waals surface area contributed by atoms with Crippen molar-refractivity contribution in [3.05, 3.63) is 17.8 Å². The van der Waals surface area contributed by atoms with Crippen LogP contribution in [-0.4, -0.2) is 29.6 Å². The second kappa shape index (κ2) is 4.49. The largest absolute Gasteiger partial charge is 0.455 e. The van der Waals surface area contributed by atoms with Gasteiger partial charge in [-0.1, -0.05) is 0 Å². The summed E-state index contributed by atoms with van der Waals surface area (Å²) in [5, 5.41) is 3.24. The van der Waals surface area contributed by atoms with E-state index in [1.165, 1.54) is 6.39 Å². The van der Waals surface area contributed by atoms with Crippen LogP contribution in [0.3, 0.4) is 0 Å². The van der Waals surface area contributed by atoms with Gasteiger partial charge >= 0.3 is 5.97 Å². The Bertz CT molecular complexity index is 400. The summed E-state index contributed by atoms with van der Waals surface area (Å²) in [5.41, 5.74) is -0.199. The number of nitrogens with one attached hydrogen (secondary N) is 1. The van der Waals surface area contributed by atoms with Crippen molar-refractivity contribution in [2.45, 2.75) is 38.7 Å². The first kappa shape index (κ1) is 12.1. The fraction of sp³-hybridized carbons (Fsp3) is 0.667. The molecule has 1 N–H and O–H groups in total. The number of aromatic nitrogens is 1. The molecule has 2 rings (SSSR count). The van der Waals surface area contributed by atoms with Crippen LogP contribution in [0.5, 0.6) is 0 Å². The van der Waals surface area contributed by atoms with Gasteiger partial charge in [-0.25, -0.2) is 9.78 Å². The van der Waals surface area contributed by atoms with Crippen LogP contribution < -0.4 is 5.32 Å². The van der Waals surface area contributed by atoms with Crippen LogP contribution in [0.4, 0.5) is 0 Å². The molecule has 17 heavy (non-hydrogen) atoms. The average molecular weight is 238 g/mol. The van der Waals surface area contributed by atoms with E-state index in [1.54, 1.807) is 0 Å². The molecule has 0 spiro atoms. The van der Waals surface area contributed by atoms with Gasteiger partial charge in [-0.3, -0.25) is 0 Å². The third-order valence-corrected chi connectivity index (χ3v) is 2.62. The minimum atomic E-state index is -0.513. The van der Waals surface area contributed by atoms with Crippen LogP contribution in [0.2, 0.25) is 0 Å². The van der Waals surface area contributed by atoms with E-state index in [0.717, 1.165) is 19.5 Å². The monoisotopic (exact) mass is 238 g/mol. The Balaban J connectivity index is 2.15. The normalized spacial score (nSPS) is 20.5. The summed E-state index contributed by atoms with van der Waals surface area (Å²) in [7, 11) is 0. The lowest BCUT2D eigenvalue weighted by molar-refractivity contribution is 0.00606. The number of ether oxygens (including phenoxy) is 1. The van der Waals surface area contributed by atoms with E-state index in [0.29, 0.717) is 11.5 Å². The van der Waals surface area contributed by atoms with E-state index >= 15 is 0 Å². The van der Waals surface area contributed by atoms with Crippen molar-refractivity contribution in [2.24, 2.45) is 0 Å². The SMILES string of the molecule is CC(C)(C)OC(=O)c1ncoc1C1CCNC1. The molecule has 1 saturated heterocycles. The van der Waals surface area contributed by atoms with E-state index in [9.17, 15) is 4.79 Å². The van der Waals surface area contributed by atoms with E-state index in [1.807, 2.05) is 20.8 Å². The van der Waals surface area contributed by atoms with Gasteiger partial charge in [0.2, 0.25) is 0 Å². The Hall–Kier alpha value is -1.36. The number of carbonyl (C=O) groups excluding carboxylic acids is 1. The molecular formula is C12H18N2O3. The molecular weight excluding hydrogens is 220 g/mol. The molecule has 1 aromatic rings. The number of oxazole rings is 1. The summed E-state index contributed by atoms with van der Waals surface area (Å²) >= 11 is 0. The number of carbonyl (C=O) groups is 1.